The number of halogens is 1. The zero-order chi connectivity index (χ0) is 14.7. The first kappa shape index (κ1) is 13.6. The fraction of sp³-hybridized carbons (Fsp3) is 0.235. The predicted octanol–water partition coefficient (Wildman–Crippen LogP) is 3.10. The van der Waals surface area contributed by atoms with Gasteiger partial charge in [-0.3, -0.25) is 0 Å². The van der Waals surface area contributed by atoms with Gasteiger partial charge in [-0.25, -0.2) is 9.37 Å². The Kier molecular flexibility index (Phi) is 3.86. The quantitative estimate of drug-likeness (QED) is 0.857. The maximum Gasteiger partial charge on any atom is 0.148 e. The van der Waals surface area contributed by atoms with Gasteiger partial charge in [-0.2, -0.15) is 0 Å². The SMILES string of the molecule is C=CNCCc1cc2c(c(-c3ccc(F)cc3)n1)OCC2. The first-order valence-electron chi connectivity index (χ1n) is 7.04. The van der Waals surface area contributed by atoms with Crippen molar-refractivity contribution < 1.29 is 9.13 Å². The summed E-state index contributed by atoms with van der Waals surface area (Å²) in [5.74, 6) is 0.588. The van der Waals surface area contributed by atoms with Crippen molar-refractivity contribution in [3.05, 3.63) is 60.2 Å². The van der Waals surface area contributed by atoms with Crippen LogP contribution in [0, 0.1) is 5.82 Å². The molecule has 0 spiro atoms. The molecule has 1 N–H and O–H groups in total. The second-order valence-electron chi connectivity index (χ2n) is 4.96. The number of benzene rings is 1. The minimum absolute atomic E-state index is 0.248. The topological polar surface area (TPSA) is 34.2 Å². The molecule has 4 heteroatoms. The highest BCUT2D eigenvalue weighted by molar-refractivity contribution is 5.69. The van der Waals surface area contributed by atoms with Gasteiger partial charge in [-0.15, -0.1) is 0 Å². The van der Waals surface area contributed by atoms with Gasteiger partial charge in [0, 0.05) is 36.2 Å². The van der Waals surface area contributed by atoms with Crippen LogP contribution >= 0.6 is 0 Å². The average Bonchev–Trinajstić information content (AvgIpc) is 2.96. The minimum Gasteiger partial charge on any atom is -0.491 e. The molecule has 0 saturated carbocycles. The first-order valence-corrected chi connectivity index (χ1v) is 7.04. The maximum atomic E-state index is 13.1. The Hall–Kier alpha value is -2.36. The molecule has 3 rings (SSSR count). The molecular formula is C17H17FN2O. The third-order valence-corrected chi connectivity index (χ3v) is 3.51. The van der Waals surface area contributed by atoms with Crippen LogP contribution in [0.4, 0.5) is 4.39 Å². The van der Waals surface area contributed by atoms with E-state index in [1.807, 2.05) is 0 Å². The van der Waals surface area contributed by atoms with Crippen molar-refractivity contribution >= 4 is 0 Å². The molecule has 0 saturated heterocycles. The third kappa shape index (κ3) is 2.89. The molecule has 0 atom stereocenters. The summed E-state index contributed by atoms with van der Waals surface area (Å²) >= 11 is 0. The third-order valence-electron chi connectivity index (χ3n) is 3.51. The lowest BCUT2D eigenvalue weighted by Gasteiger charge is -2.10. The fourth-order valence-corrected chi connectivity index (χ4v) is 2.49. The molecular weight excluding hydrogens is 267 g/mol. The van der Waals surface area contributed by atoms with E-state index in [4.69, 9.17) is 9.72 Å². The highest BCUT2D eigenvalue weighted by Gasteiger charge is 2.20. The van der Waals surface area contributed by atoms with Gasteiger partial charge in [0.05, 0.1) is 6.61 Å². The van der Waals surface area contributed by atoms with Gasteiger partial charge in [0.2, 0.25) is 0 Å². The number of nitrogens with one attached hydrogen (secondary N) is 1. The summed E-state index contributed by atoms with van der Waals surface area (Å²) in [6.07, 6.45) is 3.39. The minimum atomic E-state index is -0.248. The van der Waals surface area contributed by atoms with Crippen molar-refractivity contribution in [1.82, 2.24) is 10.3 Å². The maximum absolute atomic E-state index is 13.1. The molecule has 1 aliphatic heterocycles. The average molecular weight is 284 g/mol. The molecule has 0 aliphatic carbocycles. The molecule has 108 valence electrons. The van der Waals surface area contributed by atoms with Gasteiger partial charge < -0.3 is 10.1 Å². The second-order valence-corrected chi connectivity index (χ2v) is 4.96. The van der Waals surface area contributed by atoms with E-state index in [1.54, 1.807) is 18.3 Å². The molecule has 1 aromatic carbocycles. The molecule has 2 aromatic rings. The van der Waals surface area contributed by atoms with E-state index in [-0.39, 0.29) is 5.82 Å². The number of aromatic nitrogens is 1. The molecule has 1 aliphatic rings. The number of nitrogens with zero attached hydrogens (tertiary/aromatic N) is 1. The lowest BCUT2D eigenvalue weighted by molar-refractivity contribution is 0.357. The normalized spacial score (nSPS) is 12.6. The number of ether oxygens (including phenoxy) is 1. The molecule has 0 unspecified atom stereocenters. The second kappa shape index (κ2) is 5.95. The van der Waals surface area contributed by atoms with Crippen LogP contribution in [0.25, 0.3) is 11.3 Å². The molecule has 2 heterocycles. The number of pyridine rings is 1. The largest absolute Gasteiger partial charge is 0.491 e. The zero-order valence-corrected chi connectivity index (χ0v) is 11.7. The van der Waals surface area contributed by atoms with Crippen LogP contribution in [0.1, 0.15) is 11.3 Å². The van der Waals surface area contributed by atoms with Gasteiger partial charge >= 0.3 is 0 Å². The Morgan fingerprint density at radius 3 is 2.90 bits per heavy atom. The first-order chi connectivity index (χ1) is 10.3. The van der Waals surface area contributed by atoms with Crippen molar-refractivity contribution in [3.8, 4) is 17.0 Å². The standard InChI is InChI=1S/C17H17FN2O/c1-2-19-9-7-15-11-13-8-10-21-17(13)16(20-15)12-3-5-14(18)6-4-12/h2-6,11,19H,1,7-10H2. The summed E-state index contributed by atoms with van der Waals surface area (Å²) in [6.45, 7) is 5.11. The molecule has 1 aromatic heterocycles. The van der Waals surface area contributed by atoms with Gasteiger partial charge in [0.1, 0.15) is 17.3 Å². The lowest BCUT2D eigenvalue weighted by Crippen LogP contribution is -2.10. The van der Waals surface area contributed by atoms with Crippen LogP contribution in [0.5, 0.6) is 5.75 Å². The number of hydrogen-bond acceptors (Lipinski definition) is 3. The summed E-state index contributed by atoms with van der Waals surface area (Å²) in [5, 5.41) is 3.07. The van der Waals surface area contributed by atoms with E-state index in [1.165, 1.54) is 17.7 Å². The number of fused-ring (bicyclic) bond motifs is 1. The fourth-order valence-electron chi connectivity index (χ4n) is 2.49. The molecule has 0 fully saturated rings. The summed E-state index contributed by atoms with van der Waals surface area (Å²) in [4.78, 5) is 4.69. The van der Waals surface area contributed by atoms with E-state index in [2.05, 4.69) is 18.0 Å². The summed E-state index contributed by atoms with van der Waals surface area (Å²) in [6, 6.07) is 8.48. The van der Waals surface area contributed by atoms with Crippen LogP contribution < -0.4 is 10.1 Å². The number of hydrogen-bond donors (Lipinski definition) is 1. The van der Waals surface area contributed by atoms with E-state index in [9.17, 15) is 4.39 Å². The van der Waals surface area contributed by atoms with E-state index in [0.29, 0.717) is 6.61 Å². The van der Waals surface area contributed by atoms with Crippen LogP contribution in [0.2, 0.25) is 0 Å². The highest BCUT2D eigenvalue weighted by Crippen LogP contribution is 2.36. The van der Waals surface area contributed by atoms with Crippen LogP contribution in [0.3, 0.4) is 0 Å². The van der Waals surface area contributed by atoms with E-state index >= 15 is 0 Å². The highest BCUT2D eigenvalue weighted by atomic mass is 19.1. The zero-order valence-electron chi connectivity index (χ0n) is 11.7. The summed E-state index contributed by atoms with van der Waals surface area (Å²) in [5.41, 5.74) is 3.87. The monoisotopic (exact) mass is 284 g/mol. The van der Waals surface area contributed by atoms with Gasteiger partial charge in [-0.05, 0) is 36.5 Å². The lowest BCUT2D eigenvalue weighted by atomic mass is 10.0. The van der Waals surface area contributed by atoms with Gasteiger partial charge in [0.25, 0.3) is 0 Å². The van der Waals surface area contributed by atoms with Gasteiger partial charge in [-0.1, -0.05) is 6.58 Å². The van der Waals surface area contributed by atoms with Gasteiger partial charge in [0.15, 0.2) is 0 Å². The Morgan fingerprint density at radius 1 is 1.33 bits per heavy atom. The molecule has 0 radical (unpaired) electrons. The van der Waals surface area contributed by atoms with Crippen molar-refractivity contribution in [2.24, 2.45) is 0 Å². The smallest absolute Gasteiger partial charge is 0.148 e. The predicted molar refractivity (Wildman–Crippen MR) is 80.7 cm³/mol. The molecule has 0 amide bonds. The van der Waals surface area contributed by atoms with E-state index < -0.39 is 0 Å². The Labute approximate surface area is 123 Å². The number of rotatable bonds is 5. The van der Waals surface area contributed by atoms with Crippen molar-refractivity contribution in [1.29, 1.82) is 0 Å². The summed E-state index contributed by atoms with van der Waals surface area (Å²) < 4.78 is 18.8. The Balaban J connectivity index is 1.97. The van der Waals surface area contributed by atoms with E-state index in [0.717, 1.165) is 42.1 Å². The Morgan fingerprint density at radius 2 is 2.14 bits per heavy atom. The molecule has 0 bridgehead atoms. The van der Waals surface area contributed by atoms with Crippen molar-refractivity contribution in [2.75, 3.05) is 13.2 Å². The van der Waals surface area contributed by atoms with Crippen LogP contribution in [-0.4, -0.2) is 18.1 Å². The van der Waals surface area contributed by atoms with Crippen LogP contribution in [0.15, 0.2) is 43.1 Å². The molecule has 3 nitrogen and oxygen atoms in total. The summed E-state index contributed by atoms with van der Waals surface area (Å²) in [7, 11) is 0. The Bertz CT molecular complexity index is 653. The van der Waals surface area contributed by atoms with Crippen LogP contribution in [-0.2, 0) is 12.8 Å². The molecule has 21 heavy (non-hydrogen) atoms. The van der Waals surface area contributed by atoms with Crippen molar-refractivity contribution in [3.63, 3.8) is 0 Å². The van der Waals surface area contributed by atoms with Crippen molar-refractivity contribution in [2.45, 2.75) is 12.8 Å².